The number of nitrogens with one attached hydrogen (secondary N) is 2. The monoisotopic (exact) mass is 503 g/mol. The first kappa shape index (κ1) is 24.7. The Morgan fingerprint density at radius 2 is 1.97 bits per heavy atom. The summed E-state index contributed by atoms with van der Waals surface area (Å²) in [5.74, 6) is -0.0521. The van der Waals surface area contributed by atoms with Crippen molar-refractivity contribution < 1.29 is 14.3 Å². The fraction of sp³-hybridized carbons (Fsp3) is 0.0741. The van der Waals surface area contributed by atoms with Gasteiger partial charge < -0.3 is 21.5 Å². The second kappa shape index (κ2) is 11.3. The Morgan fingerprint density at radius 3 is 2.72 bits per heavy atom. The number of halogens is 2. The van der Waals surface area contributed by atoms with Gasteiger partial charge in [-0.3, -0.25) is 9.78 Å². The Balaban J connectivity index is 1.47. The highest BCUT2D eigenvalue weighted by Gasteiger charge is 2.12. The molecule has 0 atom stereocenters. The molecule has 36 heavy (non-hydrogen) atoms. The third kappa shape index (κ3) is 6.17. The van der Waals surface area contributed by atoms with Crippen LogP contribution in [0.4, 0.5) is 21.6 Å². The molecule has 0 unspecified atom stereocenters. The van der Waals surface area contributed by atoms with Gasteiger partial charge >= 0.3 is 0 Å². The Labute approximate surface area is 212 Å². The van der Waals surface area contributed by atoms with Crippen LogP contribution in [0.5, 0.6) is 5.75 Å². The van der Waals surface area contributed by atoms with Crippen LogP contribution in [0.1, 0.15) is 16.7 Å². The van der Waals surface area contributed by atoms with Crippen LogP contribution < -0.4 is 16.4 Å². The van der Waals surface area contributed by atoms with E-state index in [9.17, 15) is 14.3 Å². The minimum Gasteiger partial charge on any atom is -0.507 e. The summed E-state index contributed by atoms with van der Waals surface area (Å²) in [7, 11) is 0. The van der Waals surface area contributed by atoms with E-state index in [-0.39, 0.29) is 24.0 Å². The molecular formula is C27H23ClFN5O2. The van der Waals surface area contributed by atoms with Gasteiger partial charge in [-0.25, -0.2) is 9.37 Å². The predicted octanol–water partition coefficient (Wildman–Crippen LogP) is 5.63. The number of amides is 1. The maximum Gasteiger partial charge on any atom is 0.244 e. The van der Waals surface area contributed by atoms with Crippen LogP contribution in [0, 0.1) is 0 Å². The number of nitrogens with zero attached hydrogens (tertiary/aromatic N) is 2. The van der Waals surface area contributed by atoms with Crippen molar-refractivity contribution in [3.63, 3.8) is 0 Å². The van der Waals surface area contributed by atoms with Crippen molar-refractivity contribution >= 4 is 40.8 Å². The molecule has 0 aliphatic carbocycles. The van der Waals surface area contributed by atoms with E-state index >= 15 is 0 Å². The van der Waals surface area contributed by atoms with Crippen LogP contribution in [0.3, 0.4) is 0 Å². The van der Waals surface area contributed by atoms with E-state index in [1.165, 1.54) is 12.1 Å². The number of phenolic OH excluding ortho intramolecular Hbond substituents is 1. The molecule has 2 heterocycles. The zero-order chi connectivity index (χ0) is 25.5. The summed E-state index contributed by atoms with van der Waals surface area (Å²) in [5, 5.41) is 16.8. The van der Waals surface area contributed by atoms with Crippen molar-refractivity contribution in [2.45, 2.75) is 13.2 Å². The average Bonchev–Trinajstić information content (AvgIpc) is 2.89. The predicted molar refractivity (Wildman–Crippen MR) is 140 cm³/mol. The summed E-state index contributed by atoms with van der Waals surface area (Å²) < 4.78 is 13.4. The lowest BCUT2D eigenvalue weighted by molar-refractivity contribution is -0.116. The molecule has 0 spiro atoms. The third-order valence-electron chi connectivity index (χ3n) is 5.34. The molecule has 2 aromatic carbocycles. The molecule has 0 aliphatic heterocycles. The molecule has 0 fully saturated rings. The minimum atomic E-state index is -0.677. The maximum absolute atomic E-state index is 13.4. The van der Waals surface area contributed by atoms with Crippen LogP contribution in [-0.4, -0.2) is 21.0 Å². The lowest BCUT2D eigenvalue weighted by Crippen LogP contribution is -2.21. The van der Waals surface area contributed by atoms with Gasteiger partial charge in [-0.1, -0.05) is 23.7 Å². The highest BCUT2D eigenvalue weighted by Crippen LogP contribution is 2.33. The highest BCUT2D eigenvalue weighted by molar-refractivity contribution is 6.30. The molecule has 0 aliphatic rings. The van der Waals surface area contributed by atoms with Crippen molar-refractivity contribution in [3.05, 3.63) is 101 Å². The number of hydrogen-bond acceptors (Lipinski definition) is 6. The lowest BCUT2D eigenvalue weighted by atomic mass is 10.1. The Morgan fingerprint density at radius 1 is 1.11 bits per heavy atom. The molecule has 2 aromatic heterocycles. The maximum atomic E-state index is 13.4. The Hall–Kier alpha value is -4.43. The standard InChI is InChI=1S/C27H23ClFN5O2/c28-20-5-8-23(19(12-20)14-29)33-21-6-9-25(35)22(13-21)24-7-4-18(27(30)34-24)16-32-26(36)10-3-17-2-1-11-31-15-17/h1-13,15,33,35H,14,16H2,(H2,30,34)(H,32,36)/b10-3+. The number of alkyl halides is 1. The van der Waals surface area contributed by atoms with Crippen LogP contribution >= 0.6 is 11.6 Å². The number of carbonyl (C=O) groups excluding carboxylic acids is 1. The number of phenols is 1. The van der Waals surface area contributed by atoms with E-state index in [0.29, 0.717) is 38.8 Å². The summed E-state index contributed by atoms with van der Waals surface area (Å²) in [6, 6.07) is 16.9. The van der Waals surface area contributed by atoms with Crippen molar-refractivity contribution in [3.8, 4) is 17.0 Å². The van der Waals surface area contributed by atoms with Gasteiger partial charge in [0.1, 0.15) is 18.2 Å². The summed E-state index contributed by atoms with van der Waals surface area (Å²) in [6.45, 7) is -0.491. The summed E-state index contributed by atoms with van der Waals surface area (Å²) in [5.41, 5.74) is 10.1. The Kier molecular flexibility index (Phi) is 7.77. The summed E-state index contributed by atoms with van der Waals surface area (Å²) in [4.78, 5) is 20.5. The topological polar surface area (TPSA) is 113 Å². The number of aromatic hydroxyl groups is 1. The SMILES string of the molecule is Nc1nc(-c2cc(Nc3ccc(Cl)cc3CF)ccc2O)ccc1CNC(=O)/C=C/c1cccnc1. The molecule has 182 valence electrons. The number of anilines is 3. The lowest BCUT2D eigenvalue weighted by Gasteiger charge is -2.13. The first-order valence-corrected chi connectivity index (χ1v) is 11.4. The molecule has 9 heteroatoms. The zero-order valence-electron chi connectivity index (χ0n) is 19.1. The molecule has 0 saturated carbocycles. The molecule has 4 rings (SSSR count). The van der Waals surface area contributed by atoms with Gasteiger partial charge in [0.2, 0.25) is 5.91 Å². The second-order valence-electron chi connectivity index (χ2n) is 7.87. The number of benzene rings is 2. The van der Waals surface area contributed by atoms with Gasteiger partial charge in [0.05, 0.1) is 5.69 Å². The van der Waals surface area contributed by atoms with Crippen LogP contribution in [-0.2, 0) is 18.0 Å². The number of nitrogens with two attached hydrogens (primary N) is 1. The van der Waals surface area contributed by atoms with Crippen molar-refractivity contribution in [2.24, 2.45) is 0 Å². The van der Waals surface area contributed by atoms with Gasteiger partial charge in [0.25, 0.3) is 0 Å². The summed E-state index contributed by atoms with van der Waals surface area (Å²) >= 11 is 5.96. The normalized spacial score (nSPS) is 10.9. The van der Waals surface area contributed by atoms with Crippen molar-refractivity contribution in [2.75, 3.05) is 11.1 Å². The number of pyridine rings is 2. The fourth-order valence-electron chi connectivity index (χ4n) is 3.46. The molecule has 5 N–H and O–H groups in total. The average molecular weight is 504 g/mol. The van der Waals surface area contributed by atoms with Crippen LogP contribution in [0.15, 0.2) is 79.1 Å². The van der Waals surface area contributed by atoms with E-state index in [1.54, 1.807) is 67.0 Å². The minimum absolute atomic E-state index is 0.0101. The van der Waals surface area contributed by atoms with Gasteiger partial charge in [-0.15, -0.1) is 0 Å². The van der Waals surface area contributed by atoms with E-state index in [0.717, 1.165) is 5.56 Å². The quantitative estimate of drug-likeness (QED) is 0.183. The zero-order valence-corrected chi connectivity index (χ0v) is 19.8. The molecule has 0 radical (unpaired) electrons. The first-order chi connectivity index (χ1) is 17.4. The van der Waals surface area contributed by atoms with Gasteiger partial charge in [0.15, 0.2) is 0 Å². The van der Waals surface area contributed by atoms with E-state index in [2.05, 4.69) is 20.6 Å². The Bertz CT molecular complexity index is 1410. The van der Waals surface area contributed by atoms with Crippen LogP contribution in [0.25, 0.3) is 17.3 Å². The summed E-state index contributed by atoms with van der Waals surface area (Å²) in [6.07, 6.45) is 6.39. The largest absolute Gasteiger partial charge is 0.507 e. The van der Waals surface area contributed by atoms with E-state index in [4.69, 9.17) is 17.3 Å². The third-order valence-corrected chi connectivity index (χ3v) is 5.57. The van der Waals surface area contributed by atoms with Crippen molar-refractivity contribution in [1.82, 2.24) is 15.3 Å². The molecule has 7 nitrogen and oxygen atoms in total. The second-order valence-corrected chi connectivity index (χ2v) is 8.31. The smallest absolute Gasteiger partial charge is 0.244 e. The highest BCUT2D eigenvalue weighted by atomic mass is 35.5. The van der Waals surface area contributed by atoms with Gasteiger partial charge in [-0.05, 0) is 60.2 Å². The first-order valence-electron chi connectivity index (χ1n) is 11.0. The number of rotatable bonds is 8. The number of carbonyl (C=O) groups is 1. The molecular weight excluding hydrogens is 481 g/mol. The number of nitrogen functional groups attached to an aromatic ring is 1. The van der Waals surface area contributed by atoms with Gasteiger partial charge in [0, 0.05) is 58.1 Å². The number of aromatic nitrogens is 2. The van der Waals surface area contributed by atoms with Gasteiger partial charge in [-0.2, -0.15) is 0 Å². The van der Waals surface area contributed by atoms with E-state index < -0.39 is 6.67 Å². The number of hydrogen-bond donors (Lipinski definition) is 4. The van der Waals surface area contributed by atoms with Crippen LogP contribution in [0.2, 0.25) is 5.02 Å². The molecule has 4 aromatic rings. The van der Waals surface area contributed by atoms with Crippen molar-refractivity contribution in [1.29, 1.82) is 0 Å². The molecule has 0 saturated heterocycles. The fourth-order valence-corrected chi connectivity index (χ4v) is 3.65. The molecule has 0 bridgehead atoms. The van der Waals surface area contributed by atoms with E-state index in [1.807, 2.05) is 6.07 Å². The molecule has 1 amide bonds.